The Morgan fingerprint density at radius 2 is 1.75 bits per heavy atom. The molecule has 24 heavy (non-hydrogen) atoms. The number of carboxylic acids is 1. The molecular formula is C18H21F2NO3. The van der Waals surface area contributed by atoms with Gasteiger partial charge in [-0.05, 0) is 42.9 Å². The van der Waals surface area contributed by atoms with Crippen molar-refractivity contribution >= 4 is 11.9 Å². The molecule has 2 aliphatic carbocycles. The molecule has 3 rings (SSSR count). The summed E-state index contributed by atoms with van der Waals surface area (Å²) in [6.45, 7) is 0. The van der Waals surface area contributed by atoms with E-state index in [1.54, 1.807) is 0 Å². The van der Waals surface area contributed by atoms with Gasteiger partial charge in [0.05, 0.1) is 0 Å². The number of rotatable bonds is 4. The predicted molar refractivity (Wildman–Crippen MR) is 83.4 cm³/mol. The molecule has 0 spiro atoms. The first-order chi connectivity index (χ1) is 11.4. The van der Waals surface area contributed by atoms with Crippen LogP contribution in [0.1, 0.15) is 56.4 Å². The zero-order chi connectivity index (χ0) is 17.3. The summed E-state index contributed by atoms with van der Waals surface area (Å²) < 4.78 is 26.3. The second kappa shape index (κ2) is 6.49. The standard InChI is InChI=1S/C18H21F2NO3/c19-14-6-5-11(9-15(14)20)12-10-13(12)16(22)21-18(17(23)24)7-3-1-2-4-8-18/h5-6,9,12-13H,1-4,7-8,10H2,(H,21,22)(H,23,24). The highest BCUT2D eigenvalue weighted by molar-refractivity contribution is 5.90. The van der Waals surface area contributed by atoms with Crippen LogP contribution in [0.3, 0.4) is 0 Å². The zero-order valence-corrected chi connectivity index (χ0v) is 13.4. The first kappa shape index (κ1) is 16.9. The molecule has 6 heteroatoms. The Balaban J connectivity index is 1.68. The summed E-state index contributed by atoms with van der Waals surface area (Å²) in [5.74, 6) is -3.66. The van der Waals surface area contributed by atoms with Gasteiger partial charge in [0.25, 0.3) is 0 Å². The SMILES string of the molecule is O=C(NC1(C(=O)O)CCCCCC1)C1CC1c1ccc(F)c(F)c1. The highest BCUT2D eigenvalue weighted by Crippen LogP contribution is 2.48. The predicted octanol–water partition coefficient (Wildman–Crippen LogP) is 3.36. The molecule has 1 amide bonds. The summed E-state index contributed by atoms with van der Waals surface area (Å²) in [7, 11) is 0. The van der Waals surface area contributed by atoms with E-state index in [9.17, 15) is 23.5 Å². The van der Waals surface area contributed by atoms with E-state index < -0.39 is 23.1 Å². The molecular weight excluding hydrogens is 316 g/mol. The summed E-state index contributed by atoms with van der Waals surface area (Å²) >= 11 is 0. The van der Waals surface area contributed by atoms with Crippen LogP contribution in [0.25, 0.3) is 0 Å². The Morgan fingerprint density at radius 1 is 1.08 bits per heavy atom. The third-order valence-corrected chi connectivity index (χ3v) is 5.23. The maximum Gasteiger partial charge on any atom is 0.329 e. The van der Waals surface area contributed by atoms with E-state index >= 15 is 0 Å². The van der Waals surface area contributed by atoms with Gasteiger partial charge >= 0.3 is 5.97 Å². The lowest BCUT2D eigenvalue weighted by molar-refractivity contribution is -0.148. The minimum Gasteiger partial charge on any atom is -0.480 e. The van der Waals surface area contributed by atoms with Crippen molar-refractivity contribution in [2.45, 2.75) is 56.4 Å². The molecule has 0 radical (unpaired) electrons. The number of carbonyl (C=O) groups is 2. The number of amides is 1. The van der Waals surface area contributed by atoms with E-state index in [0.717, 1.165) is 37.8 Å². The van der Waals surface area contributed by atoms with Crippen LogP contribution in [0.15, 0.2) is 18.2 Å². The van der Waals surface area contributed by atoms with Gasteiger partial charge in [0.1, 0.15) is 5.54 Å². The van der Waals surface area contributed by atoms with Crippen LogP contribution >= 0.6 is 0 Å². The Hall–Kier alpha value is -1.98. The van der Waals surface area contributed by atoms with Crippen LogP contribution in [-0.4, -0.2) is 22.5 Å². The summed E-state index contributed by atoms with van der Waals surface area (Å²) in [6.07, 6.45) is 4.94. The molecule has 0 saturated heterocycles. The molecule has 2 unspecified atom stereocenters. The average molecular weight is 337 g/mol. The molecule has 130 valence electrons. The number of hydrogen-bond acceptors (Lipinski definition) is 2. The van der Waals surface area contributed by atoms with E-state index in [4.69, 9.17) is 0 Å². The highest BCUT2D eigenvalue weighted by Gasteiger charge is 2.48. The van der Waals surface area contributed by atoms with Crippen LogP contribution in [0.4, 0.5) is 8.78 Å². The summed E-state index contributed by atoms with van der Waals surface area (Å²) in [6, 6.07) is 3.66. The van der Waals surface area contributed by atoms with Gasteiger partial charge < -0.3 is 10.4 Å². The molecule has 0 aliphatic heterocycles. The van der Waals surface area contributed by atoms with E-state index in [2.05, 4.69) is 5.32 Å². The maximum absolute atomic E-state index is 13.3. The summed E-state index contributed by atoms with van der Waals surface area (Å²) in [5.41, 5.74) is -0.603. The molecule has 2 saturated carbocycles. The normalized spacial score (nSPS) is 25.6. The number of hydrogen-bond donors (Lipinski definition) is 2. The minimum atomic E-state index is -1.19. The topological polar surface area (TPSA) is 66.4 Å². The maximum atomic E-state index is 13.3. The molecule has 0 heterocycles. The Labute approximate surface area is 139 Å². The van der Waals surface area contributed by atoms with Crippen LogP contribution in [0, 0.1) is 17.6 Å². The molecule has 2 atom stereocenters. The molecule has 1 aromatic rings. The van der Waals surface area contributed by atoms with E-state index in [1.807, 2.05) is 0 Å². The molecule has 2 aliphatic rings. The van der Waals surface area contributed by atoms with Crippen LogP contribution in [0.2, 0.25) is 0 Å². The molecule has 4 nitrogen and oxygen atoms in total. The number of benzene rings is 1. The second-order valence-electron chi connectivity index (χ2n) is 6.91. The van der Waals surface area contributed by atoms with Gasteiger partial charge in [0, 0.05) is 5.92 Å². The fourth-order valence-corrected chi connectivity index (χ4v) is 3.65. The molecule has 0 aromatic heterocycles. The number of carbonyl (C=O) groups excluding carboxylic acids is 1. The average Bonchev–Trinajstić information content (AvgIpc) is 3.34. The van der Waals surface area contributed by atoms with E-state index in [1.165, 1.54) is 6.07 Å². The summed E-state index contributed by atoms with van der Waals surface area (Å²) in [5, 5.41) is 12.4. The third-order valence-electron chi connectivity index (χ3n) is 5.23. The number of nitrogens with one attached hydrogen (secondary N) is 1. The first-order valence-electron chi connectivity index (χ1n) is 8.43. The molecule has 2 N–H and O–H groups in total. The largest absolute Gasteiger partial charge is 0.480 e. The molecule has 0 bridgehead atoms. The number of halogens is 2. The lowest BCUT2D eigenvalue weighted by Gasteiger charge is -2.29. The monoisotopic (exact) mass is 337 g/mol. The Morgan fingerprint density at radius 3 is 2.33 bits per heavy atom. The van der Waals surface area contributed by atoms with Crippen molar-refractivity contribution in [1.82, 2.24) is 5.32 Å². The first-order valence-corrected chi connectivity index (χ1v) is 8.43. The fraction of sp³-hybridized carbons (Fsp3) is 0.556. The van der Waals surface area contributed by atoms with Crippen molar-refractivity contribution < 1.29 is 23.5 Å². The quantitative estimate of drug-likeness (QED) is 0.828. The zero-order valence-electron chi connectivity index (χ0n) is 13.4. The van der Waals surface area contributed by atoms with Gasteiger partial charge in [-0.2, -0.15) is 0 Å². The second-order valence-corrected chi connectivity index (χ2v) is 6.91. The molecule has 2 fully saturated rings. The summed E-state index contributed by atoms with van der Waals surface area (Å²) in [4.78, 5) is 24.2. The smallest absolute Gasteiger partial charge is 0.329 e. The lowest BCUT2D eigenvalue weighted by atomic mass is 9.90. The van der Waals surface area contributed by atoms with Crippen molar-refractivity contribution in [2.75, 3.05) is 0 Å². The fourth-order valence-electron chi connectivity index (χ4n) is 3.65. The van der Waals surface area contributed by atoms with Gasteiger partial charge in [0.2, 0.25) is 5.91 Å². The third kappa shape index (κ3) is 3.28. The molecule has 1 aromatic carbocycles. The number of aliphatic carboxylic acids is 1. The van der Waals surface area contributed by atoms with Crippen molar-refractivity contribution in [1.29, 1.82) is 0 Å². The highest BCUT2D eigenvalue weighted by atomic mass is 19.2. The lowest BCUT2D eigenvalue weighted by Crippen LogP contribution is -2.54. The number of carboxylic acid groups (broad SMARTS) is 1. The van der Waals surface area contributed by atoms with Crippen LogP contribution in [0.5, 0.6) is 0 Å². The van der Waals surface area contributed by atoms with E-state index in [0.29, 0.717) is 24.8 Å². The van der Waals surface area contributed by atoms with Crippen molar-refractivity contribution in [3.8, 4) is 0 Å². The van der Waals surface area contributed by atoms with Gasteiger partial charge in [0.15, 0.2) is 11.6 Å². The van der Waals surface area contributed by atoms with Gasteiger partial charge in [-0.3, -0.25) is 4.79 Å². The van der Waals surface area contributed by atoms with Crippen molar-refractivity contribution in [2.24, 2.45) is 5.92 Å². The Kier molecular flexibility index (Phi) is 4.56. The Bertz CT molecular complexity index is 654. The van der Waals surface area contributed by atoms with Gasteiger partial charge in [-0.1, -0.05) is 31.7 Å². The van der Waals surface area contributed by atoms with Crippen molar-refractivity contribution in [3.05, 3.63) is 35.4 Å². The van der Waals surface area contributed by atoms with Crippen LogP contribution < -0.4 is 5.32 Å². The van der Waals surface area contributed by atoms with E-state index in [-0.39, 0.29) is 17.7 Å². The van der Waals surface area contributed by atoms with Crippen LogP contribution in [-0.2, 0) is 9.59 Å². The van der Waals surface area contributed by atoms with Crippen molar-refractivity contribution in [3.63, 3.8) is 0 Å². The minimum absolute atomic E-state index is 0.170. The van der Waals surface area contributed by atoms with Gasteiger partial charge in [-0.15, -0.1) is 0 Å². The van der Waals surface area contributed by atoms with Gasteiger partial charge in [-0.25, -0.2) is 13.6 Å².